The minimum atomic E-state index is -4.74. The number of carbonyl (C=O) groups excluding carboxylic acids is 1. The molecule has 1 aliphatic heterocycles. The first-order chi connectivity index (χ1) is 8.83. The number of likely N-dealkylation sites (tertiary alicyclic amines) is 1. The fraction of sp³-hybridized carbons (Fsp3) is 0.364. The van der Waals surface area contributed by atoms with E-state index in [0.717, 1.165) is 12.1 Å². The number of hydrogen-bond donors (Lipinski definition) is 2. The molecule has 0 saturated carbocycles. The van der Waals surface area contributed by atoms with Crippen molar-refractivity contribution in [2.24, 2.45) is 0 Å². The minimum Gasteiger partial charge on any atom is -0.406 e. The fourth-order valence-electron chi connectivity index (χ4n) is 1.56. The van der Waals surface area contributed by atoms with Gasteiger partial charge in [-0.25, -0.2) is 4.79 Å². The molecule has 0 spiro atoms. The van der Waals surface area contributed by atoms with Gasteiger partial charge in [-0.05, 0) is 24.3 Å². The summed E-state index contributed by atoms with van der Waals surface area (Å²) in [7, 11) is 0. The zero-order valence-corrected chi connectivity index (χ0v) is 9.65. The summed E-state index contributed by atoms with van der Waals surface area (Å²) in [4.78, 5) is 12.9. The molecule has 8 heteroatoms. The van der Waals surface area contributed by atoms with E-state index in [-0.39, 0.29) is 18.8 Å². The number of benzene rings is 1. The Kier molecular flexibility index (Phi) is 3.52. The molecule has 5 nitrogen and oxygen atoms in total. The van der Waals surface area contributed by atoms with Crippen LogP contribution in [-0.4, -0.2) is 41.6 Å². The van der Waals surface area contributed by atoms with Crippen molar-refractivity contribution in [2.45, 2.75) is 12.5 Å². The lowest BCUT2D eigenvalue weighted by Crippen LogP contribution is -2.54. The molecule has 0 aromatic heterocycles. The van der Waals surface area contributed by atoms with Crippen LogP contribution < -0.4 is 10.1 Å². The highest BCUT2D eigenvalue weighted by Gasteiger charge is 2.31. The van der Waals surface area contributed by atoms with Gasteiger partial charge in [0.1, 0.15) is 5.75 Å². The van der Waals surface area contributed by atoms with E-state index in [0.29, 0.717) is 5.69 Å². The van der Waals surface area contributed by atoms with Gasteiger partial charge in [0.05, 0.1) is 19.2 Å². The average molecular weight is 276 g/mol. The lowest BCUT2D eigenvalue weighted by atomic mass is 10.2. The molecule has 0 unspecified atom stereocenters. The maximum Gasteiger partial charge on any atom is 0.573 e. The molecule has 2 rings (SSSR count). The highest BCUT2D eigenvalue weighted by atomic mass is 19.4. The van der Waals surface area contributed by atoms with Gasteiger partial charge in [-0.15, -0.1) is 13.2 Å². The van der Waals surface area contributed by atoms with Gasteiger partial charge in [0.25, 0.3) is 0 Å². The van der Waals surface area contributed by atoms with Crippen LogP contribution in [0.1, 0.15) is 0 Å². The second-order valence-electron chi connectivity index (χ2n) is 4.06. The Morgan fingerprint density at radius 2 is 1.89 bits per heavy atom. The molecule has 1 aromatic rings. The largest absolute Gasteiger partial charge is 0.573 e. The number of aliphatic hydroxyl groups excluding tert-OH is 1. The quantitative estimate of drug-likeness (QED) is 0.865. The Balaban J connectivity index is 1.90. The van der Waals surface area contributed by atoms with Crippen molar-refractivity contribution in [1.82, 2.24) is 4.90 Å². The van der Waals surface area contributed by atoms with Crippen LogP contribution in [0.25, 0.3) is 0 Å². The Hall–Kier alpha value is -1.96. The van der Waals surface area contributed by atoms with Crippen LogP contribution >= 0.6 is 0 Å². The average Bonchev–Trinajstić information content (AvgIpc) is 2.25. The van der Waals surface area contributed by atoms with Gasteiger partial charge in [0.15, 0.2) is 0 Å². The molecule has 1 aliphatic rings. The van der Waals surface area contributed by atoms with E-state index in [9.17, 15) is 18.0 Å². The summed E-state index contributed by atoms with van der Waals surface area (Å²) in [6, 6.07) is 4.40. The molecule has 0 aliphatic carbocycles. The molecular formula is C11H11F3N2O3. The predicted octanol–water partition coefficient (Wildman–Crippen LogP) is 1.79. The Morgan fingerprint density at radius 3 is 2.37 bits per heavy atom. The number of nitrogens with zero attached hydrogens (tertiary/aromatic N) is 1. The number of carbonyl (C=O) groups is 1. The maximum atomic E-state index is 11.9. The van der Waals surface area contributed by atoms with Crippen LogP contribution in [0.4, 0.5) is 23.7 Å². The number of amides is 2. The third-order valence-electron chi connectivity index (χ3n) is 2.49. The third-order valence-corrected chi connectivity index (χ3v) is 2.49. The smallest absolute Gasteiger partial charge is 0.406 e. The summed E-state index contributed by atoms with van der Waals surface area (Å²) in [5.74, 6) is -0.357. The molecule has 1 saturated heterocycles. The summed E-state index contributed by atoms with van der Waals surface area (Å²) in [6.45, 7) is 0.502. The monoisotopic (exact) mass is 276 g/mol. The number of rotatable bonds is 2. The van der Waals surface area contributed by atoms with Crippen LogP contribution in [0.5, 0.6) is 5.75 Å². The van der Waals surface area contributed by atoms with Gasteiger partial charge in [-0.2, -0.15) is 0 Å². The van der Waals surface area contributed by atoms with Gasteiger partial charge in [-0.1, -0.05) is 0 Å². The zero-order chi connectivity index (χ0) is 14.0. The Bertz CT molecular complexity index is 455. The van der Waals surface area contributed by atoms with Gasteiger partial charge in [0, 0.05) is 5.69 Å². The van der Waals surface area contributed by atoms with Crippen molar-refractivity contribution in [1.29, 1.82) is 0 Å². The fourth-order valence-corrected chi connectivity index (χ4v) is 1.56. The Labute approximate surface area is 106 Å². The first kappa shape index (κ1) is 13.5. The molecule has 1 aromatic carbocycles. The lowest BCUT2D eigenvalue weighted by molar-refractivity contribution is -0.274. The number of anilines is 1. The molecule has 0 atom stereocenters. The number of hydrogen-bond acceptors (Lipinski definition) is 3. The zero-order valence-electron chi connectivity index (χ0n) is 9.65. The van der Waals surface area contributed by atoms with Crippen molar-refractivity contribution in [3.63, 3.8) is 0 Å². The molecule has 2 amide bonds. The number of ether oxygens (including phenoxy) is 1. The summed E-state index contributed by atoms with van der Waals surface area (Å²) < 4.78 is 39.5. The van der Waals surface area contributed by atoms with Crippen molar-refractivity contribution in [2.75, 3.05) is 18.4 Å². The van der Waals surface area contributed by atoms with Crippen LogP contribution in [0, 0.1) is 0 Å². The number of aliphatic hydroxyl groups is 1. The normalized spacial score (nSPS) is 15.9. The van der Waals surface area contributed by atoms with Crippen LogP contribution in [0.2, 0.25) is 0 Å². The van der Waals surface area contributed by atoms with E-state index < -0.39 is 18.5 Å². The van der Waals surface area contributed by atoms with Gasteiger partial charge in [0.2, 0.25) is 0 Å². The molecule has 0 radical (unpaired) electrons. The topological polar surface area (TPSA) is 61.8 Å². The molecule has 19 heavy (non-hydrogen) atoms. The van der Waals surface area contributed by atoms with Crippen LogP contribution in [-0.2, 0) is 0 Å². The summed E-state index contributed by atoms with van der Waals surface area (Å²) in [6.07, 6.45) is -5.24. The third kappa shape index (κ3) is 3.75. The minimum absolute atomic E-state index is 0.251. The number of β-amino-alcohol motifs (C(OH)–C–C–N with tert-alkyl or cyclic N) is 1. The van der Waals surface area contributed by atoms with Crippen molar-refractivity contribution in [3.05, 3.63) is 24.3 Å². The number of urea groups is 1. The van der Waals surface area contributed by atoms with E-state index in [4.69, 9.17) is 5.11 Å². The second kappa shape index (κ2) is 4.96. The van der Waals surface area contributed by atoms with Crippen LogP contribution in [0.3, 0.4) is 0 Å². The van der Waals surface area contributed by atoms with Crippen molar-refractivity contribution < 1.29 is 27.8 Å². The molecule has 1 heterocycles. The number of nitrogens with one attached hydrogen (secondary N) is 1. The number of halogens is 3. The molecule has 104 valence electrons. The lowest BCUT2D eigenvalue weighted by Gasteiger charge is -2.35. The first-order valence-corrected chi connectivity index (χ1v) is 5.43. The SMILES string of the molecule is O=C(Nc1ccc(OC(F)(F)F)cc1)N1CC(O)C1. The molecule has 2 N–H and O–H groups in total. The van der Waals surface area contributed by atoms with Crippen LogP contribution in [0.15, 0.2) is 24.3 Å². The van der Waals surface area contributed by atoms with E-state index in [1.165, 1.54) is 17.0 Å². The Morgan fingerprint density at radius 1 is 1.32 bits per heavy atom. The van der Waals surface area contributed by atoms with Gasteiger partial charge < -0.3 is 20.1 Å². The summed E-state index contributed by atoms with van der Waals surface area (Å²) in [5.41, 5.74) is 0.348. The van der Waals surface area contributed by atoms with Crippen molar-refractivity contribution in [3.8, 4) is 5.75 Å². The predicted molar refractivity (Wildman–Crippen MR) is 59.7 cm³/mol. The van der Waals surface area contributed by atoms with Gasteiger partial charge >= 0.3 is 12.4 Å². The van der Waals surface area contributed by atoms with E-state index in [1.54, 1.807) is 0 Å². The molecule has 0 bridgehead atoms. The van der Waals surface area contributed by atoms with Gasteiger partial charge in [-0.3, -0.25) is 0 Å². The maximum absolute atomic E-state index is 11.9. The molecule has 1 fully saturated rings. The first-order valence-electron chi connectivity index (χ1n) is 5.43. The number of alkyl halides is 3. The summed E-state index contributed by atoms with van der Waals surface area (Å²) in [5, 5.41) is 11.5. The molecular weight excluding hydrogens is 265 g/mol. The van der Waals surface area contributed by atoms with E-state index in [1.807, 2.05) is 0 Å². The highest BCUT2D eigenvalue weighted by Crippen LogP contribution is 2.24. The summed E-state index contributed by atoms with van der Waals surface area (Å²) >= 11 is 0. The second-order valence-corrected chi connectivity index (χ2v) is 4.06. The highest BCUT2D eigenvalue weighted by molar-refractivity contribution is 5.89. The standard InChI is InChI=1S/C11H11F3N2O3/c12-11(13,14)19-9-3-1-7(2-4-9)15-10(18)16-5-8(17)6-16/h1-4,8,17H,5-6H2,(H,15,18). The van der Waals surface area contributed by atoms with Crippen molar-refractivity contribution >= 4 is 11.7 Å². The van der Waals surface area contributed by atoms with E-state index >= 15 is 0 Å². The van der Waals surface area contributed by atoms with E-state index in [2.05, 4.69) is 10.1 Å².